The lowest BCUT2D eigenvalue weighted by Gasteiger charge is -2.01. The molecular formula is C19H14O6. The van der Waals surface area contributed by atoms with E-state index in [4.69, 9.17) is 18.0 Å². The molecule has 0 aliphatic carbocycles. The van der Waals surface area contributed by atoms with Crippen molar-refractivity contribution in [3.63, 3.8) is 0 Å². The molecule has 0 N–H and O–H groups in total. The fraction of sp³-hybridized carbons (Fsp3) is 0.158. The highest BCUT2D eigenvalue weighted by atomic mass is 16.5. The second-order valence-electron chi connectivity index (χ2n) is 5.45. The van der Waals surface area contributed by atoms with E-state index in [-0.39, 0.29) is 18.4 Å². The van der Waals surface area contributed by atoms with Crippen molar-refractivity contribution >= 4 is 27.9 Å². The van der Waals surface area contributed by atoms with Crippen LogP contribution in [-0.4, -0.2) is 12.6 Å². The maximum Gasteiger partial charge on any atom is 0.348 e. The molecule has 3 heterocycles. The smallest absolute Gasteiger partial charge is 0.348 e. The Bertz CT molecular complexity index is 1110. The van der Waals surface area contributed by atoms with E-state index in [9.17, 15) is 9.59 Å². The summed E-state index contributed by atoms with van der Waals surface area (Å²) in [6.45, 7) is 1.99. The molecule has 6 heteroatoms. The van der Waals surface area contributed by atoms with Crippen LogP contribution < -0.4 is 5.63 Å². The van der Waals surface area contributed by atoms with Crippen molar-refractivity contribution in [2.24, 2.45) is 0 Å². The van der Waals surface area contributed by atoms with Gasteiger partial charge in [-0.25, -0.2) is 4.79 Å². The molecular weight excluding hydrogens is 324 g/mol. The van der Waals surface area contributed by atoms with Gasteiger partial charge in [-0.1, -0.05) is 12.1 Å². The quantitative estimate of drug-likeness (QED) is 0.414. The van der Waals surface area contributed by atoms with Gasteiger partial charge in [0.15, 0.2) is 5.58 Å². The van der Waals surface area contributed by atoms with Crippen LogP contribution >= 0.6 is 0 Å². The molecule has 0 spiro atoms. The van der Waals surface area contributed by atoms with Crippen LogP contribution in [0.3, 0.4) is 0 Å². The van der Waals surface area contributed by atoms with Crippen LogP contribution in [0, 0.1) is 0 Å². The molecule has 0 aliphatic rings. The predicted molar refractivity (Wildman–Crippen MR) is 90.3 cm³/mol. The minimum absolute atomic E-state index is 0.105. The first-order chi connectivity index (χ1) is 12.2. The number of carbonyl (C=O) groups is 1. The third kappa shape index (κ3) is 2.52. The second-order valence-corrected chi connectivity index (χ2v) is 5.45. The van der Waals surface area contributed by atoms with E-state index in [1.807, 2.05) is 6.07 Å². The summed E-state index contributed by atoms with van der Waals surface area (Å²) in [5.41, 5.74) is 0.673. The van der Waals surface area contributed by atoms with Crippen molar-refractivity contribution in [1.82, 2.24) is 0 Å². The highest BCUT2D eigenvalue weighted by molar-refractivity contribution is 6.07. The van der Waals surface area contributed by atoms with E-state index in [1.54, 1.807) is 37.3 Å². The molecule has 0 amide bonds. The fourth-order valence-corrected chi connectivity index (χ4v) is 2.91. The van der Waals surface area contributed by atoms with Crippen molar-refractivity contribution in [1.29, 1.82) is 0 Å². The Balaban J connectivity index is 2.05. The number of esters is 1. The molecule has 4 rings (SSSR count). The van der Waals surface area contributed by atoms with Crippen LogP contribution in [0.25, 0.3) is 33.3 Å². The molecule has 3 aromatic heterocycles. The van der Waals surface area contributed by atoms with Crippen molar-refractivity contribution in [3.05, 3.63) is 58.8 Å². The Labute approximate surface area is 141 Å². The van der Waals surface area contributed by atoms with Gasteiger partial charge >= 0.3 is 11.6 Å². The van der Waals surface area contributed by atoms with Crippen LogP contribution in [0.2, 0.25) is 0 Å². The lowest BCUT2D eigenvalue weighted by atomic mass is 10.1. The first-order valence-electron chi connectivity index (χ1n) is 7.85. The lowest BCUT2D eigenvalue weighted by Crippen LogP contribution is -2.07. The molecule has 6 nitrogen and oxygen atoms in total. The van der Waals surface area contributed by atoms with E-state index >= 15 is 0 Å². The third-order valence-corrected chi connectivity index (χ3v) is 3.90. The number of furan rings is 2. The molecule has 0 fully saturated rings. The zero-order valence-corrected chi connectivity index (χ0v) is 13.4. The third-order valence-electron chi connectivity index (χ3n) is 3.90. The molecule has 0 unspecified atom stereocenters. The lowest BCUT2D eigenvalue weighted by molar-refractivity contribution is -0.142. The first kappa shape index (κ1) is 15.3. The average Bonchev–Trinajstić information content (AvgIpc) is 3.22. The topological polar surface area (TPSA) is 82.8 Å². The second kappa shape index (κ2) is 5.98. The minimum Gasteiger partial charge on any atom is -0.466 e. The summed E-state index contributed by atoms with van der Waals surface area (Å²) in [4.78, 5) is 24.5. The van der Waals surface area contributed by atoms with Gasteiger partial charge < -0.3 is 18.0 Å². The van der Waals surface area contributed by atoms with Crippen LogP contribution in [-0.2, 0) is 16.0 Å². The summed E-state index contributed by atoms with van der Waals surface area (Å²) >= 11 is 0. The largest absolute Gasteiger partial charge is 0.466 e. The van der Waals surface area contributed by atoms with E-state index in [0.29, 0.717) is 33.6 Å². The van der Waals surface area contributed by atoms with Crippen molar-refractivity contribution in [2.75, 3.05) is 6.61 Å². The zero-order chi connectivity index (χ0) is 17.4. The maximum atomic E-state index is 12.5. The van der Waals surface area contributed by atoms with E-state index in [1.165, 1.54) is 6.26 Å². The van der Waals surface area contributed by atoms with Crippen LogP contribution in [0.15, 0.2) is 60.7 Å². The van der Waals surface area contributed by atoms with Gasteiger partial charge in [0.2, 0.25) is 0 Å². The molecule has 0 saturated heterocycles. The highest BCUT2D eigenvalue weighted by Crippen LogP contribution is 2.37. The molecule has 1 aromatic carbocycles. The Hall–Kier alpha value is -3.28. The number of para-hydroxylation sites is 1. The number of carbonyl (C=O) groups excluding carboxylic acids is 1. The summed E-state index contributed by atoms with van der Waals surface area (Å²) in [5.74, 6) is 0.302. The van der Waals surface area contributed by atoms with Crippen molar-refractivity contribution in [3.8, 4) is 11.3 Å². The highest BCUT2D eigenvalue weighted by Gasteiger charge is 2.25. The van der Waals surface area contributed by atoms with Crippen LogP contribution in [0.4, 0.5) is 0 Å². The van der Waals surface area contributed by atoms with Crippen LogP contribution in [0.1, 0.15) is 12.7 Å². The SMILES string of the molecule is CCOC(=O)Cc1oc2c(c1-c1ccco1)c(=O)oc1ccccc12. The monoisotopic (exact) mass is 338 g/mol. The Morgan fingerprint density at radius 3 is 2.72 bits per heavy atom. The molecule has 0 saturated carbocycles. The number of fused-ring (bicyclic) bond motifs is 3. The number of ether oxygens (including phenoxy) is 1. The van der Waals surface area contributed by atoms with Gasteiger partial charge in [-0.05, 0) is 31.2 Å². The number of hydrogen-bond donors (Lipinski definition) is 0. The normalized spacial score (nSPS) is 11.2. The summed E-state index contributed by atoms with van der Waals surface area (Å²) in [5, 5.41) is 0.910. The van der Waals surface area contributed by atoms with E-state index in [2.05, 4.69) is 0 Å². The minimum atomic E-state index is -0.543. The number of hydrogen-bond acceptors (Lipinski definition) is 6. The molecule has 0 atom stereocenters. The van der Waals surface area contributed by atoms with Gasteiger partial charge in [0.05, 0.1) is 23.8 Å². The van der Waals surface area contributed by atoms with E-state index in [0.717, 1.165) is 0 Å². The molecule has 0 bridgehead atoms. The molecule has 0 aliphatic heterocycles. The molecule has 0 radical (unpaired) electrons. The zero-order valence-electron chi connectivity index (χ0n) is 13.4. The molecule has 4 aromatic rings. The Morgan fingerprint density at radius 1 is 1.12 bits per heavy atom. The first-order valence-corrected chi connectivity index (χ1v) is 7.85. The Morgan fingerprint density at radius 2 is 1.96 bits per heavy atom. The van der Waals surface area contributed by atoms with Gasteiger partial charge in [0, 0.05) is 0 Å². The van der Waals surface area contributed by atoms with Gasteiger partial charge in [0.25, 0.3) is 0 Å². The van der Waals surface area contributed by atoms with Gasteiger partial charge in [-0.3, -0.25) is 4.79 Å². The standard InChI is InChI=1S/C19H14O6/c1-2-22-15(20)10-14-16(13-8-5-9-23-13)17-18(24-14)11-6-3-4-7-12(11)25-19(17)21/h3-9H,2,10H2,1H3. The fourth-order valence-electron chi connectivity index (χ4n) is 2.91. The van der Waals surface area contributed by atoms with Crippen LogP contribution in [0.5, 0.6) is 0 Å². The van der Waals surface area contributed by atoms with Crippen molar-refractivity contribution in [2.45, 2.75) is 13.3 Å². The maximum absolute atomic E-state index is 12.5. The predicted octanol–water partition coefficient (Wildman–Crippen LogP) is 3.90. The van der Waals surface area contributed by atoms with Gasteiger partial charge in [-0.2, -0.15) is 0 Å². The molecule has 25 heavy (non-hydrogen) atoms. The summed E-state index contributed by atoms with van der Waals surface area (Å²) in [6.07, 6.45) is 1.39. The van der Waals surface area contributed by atoms with Gasteiger partial charge in [-0.15, -0.1) is 0 Å². The summed E-state index contributed by atoms with van der Waals surface area (Å²) in [6, 6.07) is 10.5. The summed E-state index contributed by atoms with van der Waals surface area (Å²) in [7, 11) is 0. The van der Waals surface area contributed by atoms with Crippen molar-refractivity contribution < 1.29 is 22.8 Å². The Kier molecular flexibility index (Phi) is 3.65. The van der Waals surface area contributed by atoms with Gasteiger partial charge in [0.1, 0.15) is 28.9 Å². The van der Waals surface area contributed by atoms with E-state index < -0.39 is 11.6 Å². The molecule has 126 valence electrons. The number of benzene rings is 1. The number of rotatable bonds is 4. The average molecular weight is 338 g/mol. The summed E-state index contributed by atoms with van der Waals surface area (Å²) < 4.78 is 21.8.